The molecule has 2 saturated heterocycles. The van der Waals surface area contributed by atoms with Crippen molar-refractivity contribution in [3.05, 3.63) is 41.1 Å². The van der Waals surface area contributed by atoms with Gasteiger partial charge in [-0.1, -0.05) is 6.07 Å². The molecule has 4 rings (SSSR count). The van der Waals surface area contributed by atoms with Gasteiger partial charge in [0.2, 0.25) is 15.9 Å². The zero-order valence-electron chi connectivity index (χ0n) is 15.9. The van der Waals surface area contributed by atoms with E-state index in [1.807, 2.05) is 28.8 Å². The minimum atomic E-state index is -3.63. The van der Waals surface area contributed by atoms with Gasteiger partial charge in [0.05, 0.1) is 29.8 Å². The van der Waals surface area contributed by atoms with Crippen molar-refractivity contribution in [1.82, 2.24) is 9.21 Å². The van der Waals surface area contributed by atoms with Crippen molar-refractivity contribution in [2.45, 2.75) is 16.9 Å². The van der Waals surface area contributed by atoms with E-state index >= 15 is 0 Å². The summed E-state index contributed by atoms with van der Waals surface area (Å²) in [6.45, 7) is 1.55. The van der Waals surface area contributed by atoms with Crippen LogP contribution in [0, 0.1) is 0 Å². The fraction of sp³-hybridized carbons (Fsp3) is 0.421. The molecule has 2 aromatic rings. The quantitative estimate of drug-likeness (QED) is 0.754. The molecule has 0 aliphatic carbocycles. The fourth-order valence-electron chi connectivity index (χ4n) is 3.98. The van der Waals surface area contributed by atoms with Crippen LogP contribution >= 0.6 is 11.3 Å². The molecule has 2 aliphatic heterocycles. The first-order valence-electron chi connectivity index (χ1n) is 9.04. The highest BCUT2D eigenvalue weighted by Crippen LogP contribution is 2.36. The van der Waals surface area contributed by atoms with Crippen molar-refractivity contribution in [2.75, 3.05) is 45.2 Å². The van der Waals surface area contributed by atoms with E-state index in [2.05, 4.69) is 0 Å². The molecule has 0 bridgehead atoms. The van der Waals surface area contributed by atoms with Gasteiger partial charge in [-0.15, -0.1) is 0 Å². The number of ether oxygens (including phenoxy) is 1. The van der Waals surface area contributed by atoms with E-state index < -0.39 is 10.0 Å². The van der Waals surface area contributed by atoms with Crippen LogP contribution in [-0.4, -0.2) is 69.4 Å². The smallest absolute Gasteiger partial charge is 0.243 e. The highest BCUT2D eigenvalue weighted by atomic mass is 32.2. The molecule has 9 heteroatoms. The first kappa shape index (κ1) is 19.4. The molecule has 2 fully saturated rings. The Bertz CT molecular complexity index is 977. The Kier molecular flexibility index (Phi) is 4.95. The summed E-state index contributed by atoms with van der Waals surface area (Å²) in [7, 11) is -0.205. The Balaban J connectivity index is 1.60. The highest BCUT2D eigenvalue weighted by Gasteiger charge is 2.50. The lowest BCUT2D eigenvalue weighted by Gasteiger charge is -2.46. The number of carbonyl (C=O) groups excluding carboxylic acids is 1. The molecular weight excluding hydrogens is 398 g/mol. The van der Waals surface area contributed by atoms with Gasteiger partial charge in [0.15, 0.2) is 0 Å². The van der Waals surface area contributed by atoms with Gasteiger partial charge in [0.25, 0.3) is 0 Å². The van der Waals surface area contributed by atoms with Crippen LogP contribution in [0.1, 0.15) is 6.42 Å². The third kappa shape index (κ3) is 3.22. The maximum absolute atomic E-state index is 13.2. The van der Waals surface area contributed by atoms with Crippen LogP contribution in [-0.2, 0) is 14.8 Å². The Labute approximate surface area is 169 Å². The number of hydrogen-bond donors (Lipinski definition) is 0. The molecule has 1 spiro atoms. The largest absolute Gasteiger partial charge is 0.497 e. The third-order valence-electron chi connectivity index (χ3n) is 5.73. The second-order valence-corrected chi connectivity index (χ2v) is 10.0. The number of nitrogens with zero attached hydrogens (tertiary/aromatic N) is 3. The Morgan fingerprint density at radius 2 is 2.04 bits per heavy atom. The lowest BCUT2D eigenvalue weighted by molar-refractivity contribution is -0.123. The lowest BCUT2D eigenvalue weighted by Crippen LogP contribution is -2.64. The van der Waals surface area contributed by atoms with Crippen LogP contribution < -0.4 is 9.64 Å². The average molecular weight is 422 g/mol. The van der Waals surface area contributed by atoms with E-state index in [1.165, 1.54) is 11.4 Å². The van der Waals surface area contributed by atoms with Crippen LogP contribution in [0.15, 0.2) is 46.0 Å². The van der Waals surface area contributed by atoms with Crippen LogP contribution in [0.3, 0.4) is 0 Å². The average Bonchev–Trinajstić information content (AvgIpc) is 3.36. The number of likely N-dealkylation sites (N-methyl/N-ethyl adjacent to an activating group) is 1. The zero-order chi connectivity index (χ0) is 19.9. The molecular formula is C19H23N3O4S2. The monoisotopic (exact) mass is 421 g/mol. The van der Waals surface area contributed by atoms with Crippen LogP contribution in [0.4, 0.5) is 5.69 Å². The topological polar surface area (TPSA) is 70.2 Å². The second kappa shape index (κ2) is 7.14. The molecule has 1 atom stereocenters. The molecule has 0 radical (unpaired) electrons. The van der Waals surface area contributed by atoms with Gasteiger partial charge in [-0.3, -0.25) is 9.69 Å². The first-order chi connectivity index (χ1) is 13.4. The summed E-state index contributed by atoms with van der Waals surface area (Å²) >= 11 is 1.55. The minimum absolute atomic E-state index is 0.0422. The highest BCUT2D eigenvalue weighted by molar-refractivity contribution is 7.89. The number of hydrogen-bond acceptors (Lipinski definition) is 6. The SMILES string of the molecule is COc1cccc(S(=O)(=O)N2CC[C@@]3(CN(c4ccsc4)C(=O)CN3C)C2)c1. The van der Waals surface area contributed by atoms with E-state index in [9.17, 15) is 13.2 Å². The summed E-state index contributed by atoms with van der Waals surface area (Å²) in [6.07, 6.45) is 0.681. The number of methoxy groups -OCH3 is 1. The molecule has 150 valence electrons. The molecule has 0 unspecified atom stereocenters. The summed E-state index contributed by atoms with van der Waals surface area (Å²) in [5.74, 6) is 0.555. The number of piperazine rings is 1. The van der Waals surface area contributed by atoms with Crippen molar-refractivity contribution < 1.29 is 17.9 Å². The molecule has 7 nitrogen and oxygen atoms in total. The van der Waals surface area contributed by atoms with Gasteiger partial charge < -0.3 is 9.64 Å². The van der Waals surface area contributed by atoms with Gasteiger partial charge >= 0.3 is 0 Å². The normalized spacial score (nSPS) is 24.2. The maximum atomic E-state index is 13.2. The van der Waals surface area contributed by atoms with Gasteiger partial charge in [0.1, 0.15) is 5.75 Å². The summed E-state index contributed by atoms with van der Waals surface area (Å²) in [5.41, 5.74) is 0.499. The number of sulfonamides is 1. The van der Waals surface area contributed by atoms with Gasteiger partial charge in [0, 0.05) is 31.1 Å². The van der Waals surface area contributed by atoms with Crippen LogP contribution in [0.25, 0.3) is 0 Å². The molecule has 1 aromatic heterocycles. The van der Waals surface area contributed by atoms with E-state index in [0.29, 0.717) is 31.8 Å². The Morgan fingerprint density at radius 3 is 2.75 bits per heavy atom. The van der Waals surface area contributed by atoms with Gasteiger partial charge in [-0.25, -0.2) is 8.42 Å². The summed E-state index contributed by atoms with van der Waals surface area (Å²) < 4.78 is 33.1. The summed E-state index contributed by atoms with van der Waals surface area (Å²) in [6, 6.07) is 8.48. The molecule has 0 N–H and O–H groups in total. The maximum Gasteiger partial charge on any atom is 0.243 e. The van der Waals surface area contributed by atoms with E-state index in [-0.39, 0.29) is 22.9 Å². The third-order valence-corrected chi connectivity index (χ3v) is 8.24. The Hall–Kier alpha value is -1.94. The van der Waals surface area contributed by atoms with Crippen molar-refractivity contribution >= 4 is 33.0 Å². The molecule has 1 amide bonds. The van der Waals surface area contributed by atoms with Gasteiger partial charge in [-0.05, 0) is 37.0 Å². The van der Waals surface area contributed by atoms with Gasteiger partial charge in [-0.2, -0.15) is 15.6 Å². The van der Waals surface area contributed by atoms with Crippen molar-refractivity contribution in [2.24, 2.45) is 0 Å². The molecule has 2 aliphatic rings. The Morgan fingerprint density at radius 1 is 1.21 bits per heavy atom. The number of rotatable bonds is 4. The van der Waals surface area contributed by atoms with E-state index in [1.54, 1.807) is 40.5 Å². The predicted octanol–water partition coefficient (Wildman–Crippen LogP) is 1.87. The molecule has 0 saturated carbocycles. The van der Waals surface area contributed by atoms with Crippen molar-refractivity contribution in [3.8, 4) is 5.75 Å². The van der Waals surface area contributed by atoms with Crippen LogP contribution in [0.2, 0.25) is 0 Å². The number of amides is 1. The van der Waals surface area contributed by atoms with E-state index in [0.717, 1.165) is 5.69 Å². The number of thiophene rings is 1. The standard InChI is InChI=1S/C19H23N3O4S2/c1-20-11-18(23)22(15-6-9-27-12-15)14-19(20)7-8-21(13-19)28(24,25)17-5-3-4-16(10-17)26-2/h3-6,9-10,12H,7-8,11,13-14H2,1-2H3/t19-/m0/s1. The molecule has 1 aromatic carbocycles. The number of anilines is 1. The first-order valence-corrected chi connectivity index (χ1v) is 11.4. The summed E-state index contributed by atoms with van der Waals surface area (Å²) in [5, 5.41) is 3.90. The fourth-order valence-corrected chi connectivity index (χ4v) is 6.18. The van der Waals surface area contributed by atoms with E-state index in [4.69, 9.17) is 4.74 Å². The number of carbonyl (C=O) groups is 1. The van der Waals surface area contributed by atoms with Crippen molar-refractivity contribution in [3.63, 3.8) is 0 Å². The number of benzene rings is 1. The lowest BCUT2D eigenvalue weighted by atomic mass is 9.93. The zero-order valence-corrected chi connectivity index (χ0v) is 17.5. The van der Waals surface area contributed by atoms with Crippen LogP contribution in [0.5, 0.6) is 5.75 Å². The summed E-state index contributed by atoms with van der Waals surface area (Å²) in [4.78, 5) is 16.6. The minimum Gasteiger partial charge on any atom is -0.497 e. The molecule has 28 heavy (non-hydrogen) atoms. The second-order valence-electron chi connectivity index (χ2n) is 7.31. The van der Waals surface area contributed by atoms with Crippen molar-refractivity contribution in [1.29, 1.82) is 0 Å². The molecule has 3 heterocycles. The predicted molar refractivity (Wildman–Crippen MR) is 108 cm³/mol.